The Balaban J connectivity index is 1.28. The molecule has 0 aliphatic carbocycles. The maximum absolute atomic E-state index is 16.9. The first-order valence-electron chi connectivity index (χ1n) is 16.9. The Morgan fingerprint density at radius 3 is 2.68 bits per heavy atom. The number of fused-ring (bicyclic) bond motifs is 2. The van der Waals surface area contributed by atoms with E-state index in [1.54, 1.807) is 17.6 Å². The number of thiazole rings is 1. The number of aryl methyl sites for hydroxylation is 1. The molecular formula is C38H37F2N7O2S. The number of carbonyl (C=O) groups is 1. The molecule has 3 aromatic carbocycles. The van der Waals surface area contributed by atoms with Gasteiger partial charge in [0, 0.05) is 54.3 Å². The fourth-order valence-corrected chi connectivity index (χ4v) is 7.68. The molecule has 2 aromatic heterocycles. The number of piperazine rings is 1. The van der Waals surface area contributed by atoms with Crippen molar-refractivity contribution in [3.05, 3.63) is 93.7 Å². The Morgan fingerprint density at radius 1 is 1.10 bits per heavy atom. The smallest absolute Gasteiger partial charge is 0.319 e. The highest BCUT2D eigenvalue weighted by molar-refractivity contribution is 7.10. The fourth-order valence-electron chi connectivity index (χ4n) is 7.13. The molecule has 9 nitrogen and oxygen atoms in total. The predicted molar refractivity (Wildman–Crippen MR) is 193 cm³/mol. The lowest BCUT2D eigenvalue weighted by atomic mass is 9.93. The number of benzene rings is 3. The predicted octanol–water partition coefficient (Wildman–Crippen LogP) is 7.03. The molecule has 0 saturated carbocycles. The minimum atomic E-state index is -0.933. The number of hydrogen-bond acceptors (Lipinski definition) is 8. The molecule has 2 aliphatic rings. The van der Waals surface area contributed by atoms with Crippen LogP contribution in [-0.4, -0.2) is 89.1 Å². The number of rotatable bonds is 9. The van der Waals surface area contributed by atoms with Crippen molar-refractivity contribution in [1.29, 1.82) is 0 Å². The van der Waals surface area contributed by atoms with E-state index in [0.29, 0.717) is 28.4 Å². The third-order valence-electron chi connectivity index (χ3n) is 9.76. The largest absolute Gasteiger partial charge is 0.462 e. The minimum absolute atomic E-state index is 0.0352. The third kappa shape index (κ3) is 6.51. The standard InChI is InChI=1S/C38H37F2N7O2S/c1-4-24-8-5-9-25-10-6-12-28(33(24)25)29-13-14-30-35(34(29)40)43-38(49-23-26-11-7-16-45(26)3)44-36(30)46-17-18-47(27(22-46)21-41-2)37(48)31(39)20-32-42-15-19-50-32/h5-6,8-10,12-15,19-20,26-27H,4,7,11,16-18,21-23H2,1,3H3/b31-20-/t26-,27-/m0/s1. The molecule has 50 heavy (non-hydrogen) atoms. The molecule has 5 aromatic rings. The van der Waals surface area contributed by atoms with Crippen molar-refractivity contribution in [2.45, 2.75) is 38.3 Å². The molecule has 256 valence electrons. The number of aromatic nitrogens is 3. The molecule has 2 saturated heterocycles. The number of anilines is 1. The van der Waals surface area contributed by atoms with Gasteiger partial charge in [-0.25, -0.2) is 20.3 Å². The molecule has 4 heterocycles. The van der Waals surface area contributed by atoms with Crippen LogP contribution >= 0.6 is 11.3 Å². The summed E-state index contributed by atoms with van der Waals surface area (Å²) in [5, 5.41) is 4.62. The van der Waals surface area contributed by atoms with E-state index >= 15 is 8.78 Å². The summed E-state index contributed by atoms with van der Waals surface area (Å²) in [6.07, 6.45) is 5.52. The number of amides is 1. The van der Waals surface area contributed by atoms with Crippen LogP contribution < -0.4 is 9.64 Å². The van der Waals surface area contributed by atoms with Crippen molar-refractivity contribution < 1.29 is 18.3 Å². The van der Waals surface area contributed by atoms with Gasteiger partial charge in [-0.2, -0.15) is 9.97 Å². The fraction of sp³-hybridized carbons (Fsp3) is 0.342. The van der Waals surface area contributed by atoms with E-state index in [-0.39, 0.29) is 43.7 Å². The van der Waals surface area contributed by atoms with Crippen LogP contribution in [0.25, 0.3) is 43.7 Å². The lowest BCUT2D eigenvalue weighted by Crippen LogP contribution is -2.56. The topological polar surface area (TPSA) is 79.0 Å². The zero-order valence-electron chi connectivity index (χ0n) is 28.0. The van der Waals surface area contributed by atoms with Gasteiger partial charge in [0.05, 0.1) is 0 Å². The van der Waals surface area contributed by atoms with Crippen molar-refractivity contribution in [3.63, 3.8) is 0 Å². The molecular weight excluding hydrogens is 657 g/mol. The first-order chi connectivity index (χ1) is 24.4. The highest BCUT2D eigenvalue weighted by Gasteiger charge is 2.36. The van der Waals surface area contributed by atoms with Gasteiger partial charge in [0.1, 0.15) is 29.0 Å². The maximum Gasteiger partial charge on any atom is 0.319 e. The summed E-state index contributed by atoms with van der Waals surface area (Å²) in [5.41, 5.74) is 2.47. The molecule has 0 N–H and O–H groups in total. The second-order valence-corrected chi connectivity index (χ2v) is 13.6. The van der Waals surface area contributed by atoms with Gasteiger partial charge in [0.2, 0.25) is 6.54 Å². The lowest BCUT2D eigenvalue weighted by Gasteiger charge is -2.39. The summed E-state index contributed by atoms with van der Waals surface area (Å²) in [6, 6.07) is 15.3. The average molecular weight is 694 g/mol. The maximum atomic E-state index is 16.9. The number of nitrogens with zero attached hydrogens (tertiary/aromatic N) is 7. The minimum Gasteiger partial charge on any atom is -0.462 e. The third-order valence-corrected chi connectivity index (χ3v) is 10.5. The molecule has 0 bridgehead atoms. The van der Waals surface area contributed by atoms with Crippen LogP contribution in [0.3, 0.4) is 0 Å². The van der Waals surface area contributed by atoms with Gasteiger partial charge in [-0.05, 0) is 60.8 Å². The highest BCUT2D eigenvalue weighted by atomic mass is 32.1. The highest BCUT2D eigenvalue weighted by Crippen LogP contribution is 2.38. The van der Waals surface area contributed by atoms with Crippen LogP contribution in [0.2, 0.25) is 0 Å². The Bertz CT molecular complexity index is 2110. The zero-order chi connectivity index (χ0) is 34.8. The summed E-state index contributed by atoms with van der Waals surface area (Å²) in [6.45, 7) is 11.6. The van der Waals surface area contributed by atoms with Gasteiger partial charge >= 0.3 is 6.01 Å². The normalized spacial score (nSPS) is 18.6. The molecule has 2 fully saturated rings. The van der Waals surface area contributed by atoms with Crippen LogP contribution in [0.15, 0.2) is 65.9 Å². The Morgan fingerprint density at radius 2 is 1.94 bits per heavy atom. The van der Waals surface area contributed by atoms with Crippen molar-refractivity contribution >= 4 is 50.8 Å². The molecule has 0 unspecified atom stereocenters. The lowest BCUT2D eigenvalue weighted by molar-refractivity contribution is -0.130. The molecule has 0 spiro atoms. The number of likely N-dealkylation sites (tertiary alicyclic amines) is 1. The van der Waals surface area contributed by atoms with Crippen LogP contribution in [0.1, 0.15) is 30.3 Å². The van der Waals surface area contributed by atoms with Gasteiger partial charge < -0.3 is 24.3 Å². The van der Waals surface area contributed by atoms with E-state index in [9.17, 15) is 4.79 Å². The number of hydrogen-bond donors (Lipinski definition) is 0. The summed E-state index contributed by atoms with van der Waals surface area (Å²) < 4.78 is 38.2. The summed E-state index contributed by atoms with van der Waals surface area (Å²) in [4.78, 5) is 35.9. The van der Waals surface area contributed by atoms with E-state index in [1.165, 1.54) is 16.2 Å². The van der Waals surface area contributed by atoms with Crippen LogP contribution in [-0.2, 0) is 11.2 Å². The van der Waals surface area contributed by atoms with Gasteiger partial charge in [0.15, 0.2) is 11.6 Å². The Hall–Kier alpha value is -4.99. The molecule has 0 radical (unpaired) electrons. The van der Waals surface area contributed by atoms with E-state index in [0.717, 1.165) is 53.8 Å². The Labute approximate surface area is 293 Å². The number of likely N-dealkylation sites (N-methyl/N-ethyl adjacent to an activating group) is 1. The SMILES string of the molecule is [C-]#[N+]C[C@H]1CN(c2nc(OC[C@@H]3CCCN3C)nc3c(F)c(-c4cccc5cccc(CC)c45)ccc23)CCN1C(=O)/C(F)=C/c1nccs1. The van der Waals surface area contributed by atoms with Gasteiger partial charge in [-0.15, -0.1) is 11.3 Å². The van der Waals surface area contributed by atoms with Crippen LogP contribution in [0.5, 0.6) is 6.01 Å². The van der Waals surface area contributed by atoms with Crippen molar-refractivity contribution in [3.8, 4) is 17.1 Å². The van der Waals surface area contributed by atoms with Crippen molar-refractivity contribution in [1.82, 2.24) is 24.8 Å². The van der Waals surface area contributed by atoms with Crippen molar-refractivity contribution in [2.75, 3.05) is 51.3 Å². The number of ether oxygens (including phenoxy) is 1. The van der Waals surface area contributed by atoms with Gasteiger partial charge in [0.25, 0.3) is 5.91 Å². The van der Waals surface area contributed by atoms with E-state index < -0.39 is 23.6 Å². The number of carbonyl (C=O) groups excluding carboxylic acids is 1. The second kappa shape index (κ2) is 14.5. The molecule has 1 amide bonds. The monoisotopic (exact) mass is 693 g/mol. The van der Waals surface area contributed by atoms with E-state index in [1.807, 2.05) is 41.3 Å². The van der Waals surface area contributed by atoms with Gasteiger partial charge in [-0.3, -0.25) is 4.79 Å². The number of halogens is 2. The first kappa shape index (κ1) is 33.5. The quantitative estimate of drug-likeness (QED) is 0.121. The van der Waals surface area contributed by atoms with Gasteiger partial charge in [-0.1, -0.05) is 49.4 Å². The summed E-state index contributed by atoms with van der Waals surface area (Å²) in [5.74, 6) is -1.75. The van der Waals surface area contributed by atoms with Crippen molar-refractivity contribution in [2.24, 2.45) is 0 Å². The van der Waals surface area contributed by atoms with E-state index in [2.05, 4.69) is 39.8 Å². The van der Waals surface area contributed by atoms with Crippen LogP contribution in [0, 0.1) is 12.4 Å². The van der Waals surface area contributed by atoms with E-state index in [4.69, 9.17) is 16.3 Å². The molecule has 2 atom stereocenters. The molecule has 12 heteroatoms. The summed E-state index contributed by atoms with van der Waals surface area (Å²) in [7, 11) is 2.06. The van der Waals surface area contributed by atoms with Crippen LogP contribution in [0.4, 0.5) is 14.6 Å². The average Bonchev–Trinajstić information content (AvgIpc) is 3.81. The summed E-state index contributed by atoms with van der Waals surface area (Å²) >= 11 is 1.23. The molecule has 7 rings (SSSR count). The zero-order valence-corrected chi connectivity index (χ0v) is 28.8. The molecule has 2 aliphatic heterocycles. The Kier molecular flexibility index (Phi) is 9.70. The first-order valence-corrected chi connectivity index (χ1v) is 17.7. The second-order valence-electron chi connectivity index (χ2n) is 12.7.